The van der Waals surface area contributed by atoms with E-state index in [4.69, 9.17) is 5.73 Å². The van der Waals surface area contributed by atoms with Crippen LogP contribution in [-0.4, -0.2) is 12.5 Å². The van der Waals surface area contributed by atoms with Crippen molar-refractivity contribution in [3.8, 4) is 0 Å². The van der Waals surface area contributed by atoms with Gasteiger partial charge in [-0.25, -0.2) is 8.78 Å². The lowest BCUT2D eigenvalue weighted by atomic mass is 9.85. The lowest BCUT2D eigenvalue weighted by Gasteiger charge is -2.25. The van der Waals surface area contributed by atoms with Crippen LogP contribution < -0.4 is 11.1 Å². The minimum atomic E-state index is -0.770. The first-order valence-electron chi connectivity index (χ1n) is 6.04. The third-order valence-electron chi connectivity index (χ3n) is 3.61. The highest BCUT2D eigenvalue weighted by molar-refractivity contribution is 5.95. The van der Waals surface area contributed by atoms with Crippen LogP contribution in [0.1, 0.15) is 25.7 Å². The van der Waals surface area contributed by atoms with Crippen LogP contribution in [0, 0.1) is 17.0 Å². The molecule has 1 aromatic carbocycles. The molecule has 1 saturated carbocycles. The molecule has 3 N–H and O–H groups in total. The largest absolute Gasteiger partial charge is 0.329 e. The number of hydrogen-bond acceptors (Lipinski definition) is 2. The molecule has 98 valence electrons. The number of carbonyl (C=O) groups is 1. The van der Waals surface area contributed by atoms with Crippen molar-refractivity contribution >= 4 is 11.6 Å². The van der Waals surface area contributed by atoms with Gasteiger partial charge in [-0.15, -0.1) is 0 Å². The zero-order chi connectivity index (χ0) is 13.2. The Morgan fingerprint density at radius 3 is 2.56 bits per heavy atom. The van der Waals surface area contributed by atoms with Gasteiger partial charge in [0.25, 0.3) is 0 Å². The molecule has 0 unspecified atom stereocenters. The number of hydrogen-bond donors (Lipinski definition) is 2. The normalized spacial score (nSPS) is 17.7. The van der Waals surface area contributed by atoms with Gasteiger partial charge in [0, 0.05) is 12.6 Å². The van der Waals surface area contributed by atoms with Gasteiger partial charge in [0.2, 0.25) is 5.91 Å². The fourth-order valence-corrected chi connectivity index (χ4v) is 2.42. The monoisotopic (exact) mass is 254 g/mol. The lowest BCUT2D eigenvalue weighted by Crippen LogP contribution is -2.40. The van der Waals surface area contributed by atoms with E-state index in [1.54, 1.807) is 0 Å². The van der Waals surface area contributed by atoms with Crippen molar-refractivity contribution in [2.24, 2.45) is 11.1 Å². The van der Waals surface area contributed by atoms with Gasteiger partial charge < -0.3 is 11.1 Å². The Labute approximate surface area is 104 Å². The SMILES string of the molecule is NCC1(C(=O)Nc2ccc(F)cc2F)CCCC1. The van der Waals surface area contributed by atoms with Crippen LogP contribution in [0.25, 0.3) is 0 Å². The lowest BCUT2D eigenvalue weighted by molar-refractivity contribution is -0.124. The molecule has 1 amide bonds. The smallest absolute Gasteiger partial charge is 0.231 e. The Hall–Kier alpha value is -1.49. The molecule has 0 atom stereocenters. The molecule has 3 nitrogen and oxygen atoms in total. The predicted molar refractivity (Wildman–Crippen MR) is 64.9 cm³/mol. The molecule has 0 saturated heterocycles. The third-order valence-corrected chi connectivity index (χ3v) is 3.61. The van der Waals surface area contributed by atoms with Gasteiger partial charge >= 0.3 is 0 Å². The molecule has 18 heavy (non-hydrogen) atoms. The first-order valence-corrected chi connectivity index (χ1v) is 6.04. The third kappa shape index (κ3) is 2.36. The topological polar surface area (TPSA) is 55.1 Å². The molecule has 2 rings (SSSR count). The Morgan fingerprint density at radius 1 is 1.33 bits per heavy atom. The van der Waals surface area contributed by atoms with Crippen LogP contribution in [0.4, 0.5) is 14.5 Å². The van der Waals surface area contributed by atoms with Gasteiger partial charge in [-0.05, 0) is 25.0 Å². The van der Waals surface area contributed by atoms with Gasteiger partial charge in [-0.2, -0.15) is 0 Å². The minimum absolute atomic E-state index is 0.00104. The maximum absolute atomic E-state index is 13.4. The summed E-state index contributed by atoms with van der Waals surface area (Å²) in [4.78, 5) is 12.2. The average Bonchev–Trinajstić information content (AvgIpc) is 2.82. The summed E-state index contributed by atoms with van der Waals surface area (Å²) in [6.45, 7) is 0.252. The molecule has 1 fully saturated rings. The molecule has 1 aliphatic rings. The zero-order valence-corrected chi connectivity index (χ0v) is 10.0. The van der Waals surface area contributed by atoms with Crippen LogP contribution in [0.2, 0.25) is 0 Å². The number of benzene rings is 1. The van der Waals surface area contributed by atoms with E-state index in [1.807, 2.05) is 0 Å². The van der Waals surface area contributed by atoms with Crippen molar-refractivity contribution in [2.75, 3.05) is 11.9 Å². The molecule has 0 aromatic heterocycles. The summed E-state index contributed by atoms with van der Waals surface area (Å²) in [6, 6.07) is 3.09. The molecule has 0 heterocycles. The molecule has 1 aromatic rings. The van der Waals surface area contributed by atoms with Crippen LogP contribution in [0.5, 0.6) is 0 Å². The van der Waals surface area contributed by atoms with Gasteiger partial charge in [-0.1, -0.05) is 12.8 Å². The van der Waals surface area contributed by atoms with Crippen molar-refractivity contribution in [2.45, 2.75) is 25.7 Å². The maximum atomic E-state index is 13.4. The summed E-state index contributed by atoms with van der Waals surface area (Å²) in [5, 5.41) is 2.51. The second-order valence-corrected chi connectivity index (χ2v) is 4.77. The highest BCUT2D eigenvalue weighted by atomic mass is 19.1. The molecular formula is C13H16F2N2O. The van der Waals surface area contributed by atoms with Crippen molar-refractivity contribution in [3.05, 3.63) is 29.8 Å². The summed E-state index contributed by atoms with van der Waals surface area (Å²) in [7, 11) is 0. The first kappa shape index (κ1) is 13.0. The molecule has 5 heteroatoms. The van der Waals surface area contributed by atoms with E-state index < -0.39 is 17.0 Å². The number of halogens is 2. The molecule has 0 spiro atoms. The number of amides is 1. The van der Waals surface area contributed by atoms with Crippen molar-refractivity contribution in [3.63, 3.8) is 0 Å². The standard InChI is InChI=1S/C13H16F2N2O/c14-9-3-4-11(10(15)7-9)17-12(18)13(8-16)5-1-2-6-13/h3-4,7H,1-2,5-6,8,16H2,(H,17,18). The van der Waals surface area contributed by atoms with E-state index in [9.17, 15) is 13.6 Å². The number of nitrogens with one attached hydrogen (secondary N) is 1. The van der Waals surface area contributed by atoms with Gasteiger partial charge in [0.15, 0.2) is 0 Å². The molecular weight excluding hydrogens is 238 g/mol. The highest BCUT2D eigenvalue weighted by Crippen LogP contribution is 2.38. The quantitative estimate of drug-likeness (QED) is 0.870. The summed E-state index contributed by atoms with van der Waals surface area (Å²) in [5.74, 6) is -1.71. The molecule has 0 aliphatic heterocycles. The van der Waals surface area contributed by atoms with E-state index >= 15 is 0 Å². The van der Waals surface area contributed by atoms with Crippen molar-refractivity contribution < 1.29 is 13.6 Å². The van der Waals surface area contributed by atoms with E-state index in [0.29, 0.717) is 0 Å². The Morgan fingerprint density at radius 2 is 2.00 bits per heavy atom. The van der Waals surface area contributed by atoms with Crippen molar-refractivity contribution in [1.82, 2.24) is 0 Å². The Bertz CT molecular complexity index is 456. The maximum Gasteiger partial charge on any atom is 0.231 e. The summed E-state index contributed by atoms with van der Waals surface area (Å²) >= 11 is 0. The fraction of sp³-hybridized carbons (Fsp3) is 0.462. The Balaban J connectivity index is 2.15. The van der Waals surface area contributed by atoms with Gasteiger partial charge in [0.1, 0.15) is 11.6 Å². The highest BCUT2D eigenvalue weighted by Gasteiger charge is 2.39. The number of nitrogens with two attached hydrogens (primary N) is 1. The van der Waals surface area contributed by atoms with E-state index in [1.165, 1.54) is 6.07 Å². The van der Waals surface area contributed by atoms with Crippen LogP contribution in [0.3, 0.4) is 0 Å². The van der Waals surface area contributed by atoms with E-state index in [0.717, 1.165) is 37.8 Å². The average molecular weight is 254 g/mol. The minimum Gasteiger partial charge on any atom is -0.329 e. The van der Waals surface area contributed by atoms with Crippen LogP contribution in [0.15, 0.2) is 18.2 Å². The van der Waals surface area contributed by atoms with Gasteiger partial charge in [-0.3, -0.25) is 4.79 Å². The van der Waals surface area contributed by atoms with E-state index in [2.05, 4.69) is 5.32 Å². The van der Waals surface area contributed by atoms with Crippen LogP contribution in [-0.2, 0) is 4.79 Å². The molecule has 0 radical (unpaired) electrons. The Kier molecular flexibility index (Phi) is 3.61. The van der Waals surface area contributed by atoms with E-state index in [-0.39, 0.29) is 18.1 Å². The molecule has 0 bridgehead atoms. The number of carbonyl (C=O) groups excluding carboxylic acids is 1. The zero-order valence-electron chi connectivity index (χ0n) is 10.0. The molecule has 1 aliphatic carbocycles. The second kappa shape index (κ2) is 5.02. The summed E-state index contributed by atoms with van der Waals surface area (Å²) in [6.07, 6.45) is 3.35. The first-order chi connectivity index (χ1) is 8.57. The predicted octanol–water partition coefficient (Wildman–Crippen LogP) is 2.42. The second-order valence-electron chi connectivity index (χ2n) is 4.77. The summed E-state index contributed by atoms with van der Waals surface area (Å²) in [5.41, 5.74) is 5.08. The fourth-order valence-electron chi connectivity index (χ4n) is 2.42. The number of anilines is 1. The van der Waals surface area contributed by atoms with Crippen molar-refractivity contribution in [1.29, 1.82) is 0 Å². The summed E-state index contributed by atoms with van der Waals surface area (Å²) < 4.78 is 26.2. The van der Waals surface area contributed by atoms with Gasteiger partial charge in [0.05, 0.1) is 11.1 Å². The number of rotatable bonds is 3. The van der Waals surface area contributed by atoms with Crippen LogP contribution >= 0.6 is 0 Å².